The SMILES string of the molecule is C=CC(=O)Oc1ccc(-c2cc(=O)c3c(OC(=O)C=C)cc(OC(=O)C=C)cc3o2)cc1. The third kappa shape index (κ3) is 4.88. The summed E-state index contributed by atoms with van der Waals surface area (Å²) in [6.07, 6.45) is 2.90. The quantitative estimate of drug-likeness (QED) is 0.316. The lowest BCUT2D eigenvalue weighted by atomic mass is 10.1. The van der Waals surface area contributed by atoms with Crippen LogP contribution >= 0.6 is 0 Å². The van der Waals surface area contributed by atoms with Crippen LogP contribution in [0.2, 0.25) is 0 Å². The molecule has 0 saturated carbocycles. The van der Waals surface area contributed by atoms with Crippen molar-refractivity contribution in [2.75, 3.05) is 0 Å². The van der Waals surface area contributed by atoms with Crippen LogP contribution in [0.1, 0.15) is 0 Å². The fraction of sp³-hybridized carbons (Fsp3) is 0. The first kappa shape index (κ1) is 22.0. The van der Waals surface area contributed by atoms with Gasteiger partial charge in [-0.25, -0.2) is 14.4 Å². The molecule has 3 aromatic rings. The average Bonchev–Trinajstić information content (AvgIpc) is 2.78. The predicted octanol–water partition coefficient (Wildman–Crippen LogP) is 3.73. The number of carbonyl (C=O) groups is 3. The summed E-state index contributed by atoms with van der Waals surface area (Å²) >= 11 is 0. The maximum absolute atomic E-state index is 12.8. The number of hydrogen-bond acceptors (Lipinski definition) is 8. The van der Waals surface area contributed by atoms with Crippen LogP contribution < -0.4 is 19.6 Å². The van der Waals surface area contributed by atoms with Crippen LogP contribution in [0, 0.1) is 0 Å². The molecule has 32 heavy (non-hydrogen) atoms. The molecule has 0 amide bonds. The van der Waals surface area contributed by atoms with E-state index in [1.165, 1.54) is 30.3 Å². The first-order valence-electron chi connectivity index (χ1n) is 9.09. The molecule has 2 aromatic carbocycles. The van der Waals surface area contributed by atoms with Gasteiger partial charge < -0.3 is 18.6 Å². The van der Waals surface area contributed by atoms with Crippen molar-refractivity contribution >= 4 is 28.9 Å². The summed E-state index contributed by atoms with van der Waals surface area (Å²) in [4.78, 5) is 47.4. The average molecular weight is 432 g/mol. The van der Waals surface area contributed by atoms with Gasteiger partial charge in [0.25, 0.3) is 0 Å². The van der Waals surface area contributed by atoms with Crippen molar-refractivity contribution in [3.63, 3.8) is 0 Å². The number of rotatable bonds is 7. The largest absolute Gasteiger partial charge is 0.456 e. The Bertz CT molecular complexity index is 1310. The van der Waals surface area contributed by atoms with Crippen LogP contribution in [0.15, 0.2) is 89.6 Å². The molecule has 1 heterocycles. The van der Waals surface area contributed by atoms with E-state index in [0.717, 1.165) is 18.2 Å². The van der Waals surface area contributed by atoms with Gasteiger partial charge in [-0.3, -0.25) is 4.79 Å². The van der Waals surface area contributed by atoms with Crippen molar-refractivity contribution in [1.82, 2.24) is 0 Å². The number of ether oxygens (including phenoxy) is 3. The first-order chi connectivity index (χ1) is 15.3. The number of hydrogen-bond donors (Lipinski definition) is 0. The van der Waals surface area contributed by atoms with Gasteiger partial charge in [0.1, 0.15) is 34.0 Å². The Kier molecular flexibility index (Phi) is 6.45. The second kappa shape index (κ2) is 9.40. The normalized spacial score (nSPS) is 10.1. The molecule has 0 bridgehead atoms. The highest BCUT2D eigenvalue weighted by Crippen LogP contribution is 2.32. The molecule has 1 aromatic heterocycles. The van der Waals surface area contributed by atoms with Crippen molar-refractivity contribution in [2.45, 2.75) is 0 Å². The number of esters is 3. The van der Waals surface area contributed by atoms with Gasteiger partial charge in [-0.1, -0.05) is 19.7 Å². The van der Waals surface area contributed by atoms with Gasteiger partial charge >= 0.3 is 17.9 Å². The Balaban J connectivity index is 2.11. The second-order valence-corrected chi connectivity index (χ2v) is 6.17. The van der Waals surface area contributed by atoms with E-state index >= 15 is 0 Å². The molecule has 0 aliphatic rings. The molecule has 0 spiro atoms. The third-order valence-electron chi connectivity index (χ3n) is 4.05. The van der Waals surface area contributed by atoms with Crippen molar-refractivity contribution in [2.24, 2.45) is 0 Å². The van der Waals surface area contributed by atoms with Crippen molar-refractivity contribution in [3.05, 3.63) is 90.7 Å². The molecule has 0 aliphatic heterocycles. The molecule has 0 fully saturated rings. The molecular weight excluding hydrogens is 416 g/mol. The number of carbonyl (C=O) groups excluding carboxylic acids is 3. The lowest BCUT2D eigenvalue weighted by molar-refractivity contribution is -0.130. The van der Waals surface area contributed by atoms with Gasteiger partial charge in [-0.2, -0.15) is 0 Å². The minimum atomic E-state index is -0.813. The second-order valence-electron chi connectivity index (χ2n) is 6.17. The van der Waals surface area contributed by atoms with Crippen LogP contribution in [0.3, 0.4) is 0 Å². The van der Waals surface area contributed by atoms with Gasteiger partial charge in [-0.15, -0.1) is 0 Å². The van der Waals surface area contributed by atoms with E-state index in [9.17, 15) is 19.2 Å². The van der Waals surface area contributed by atoms with E-state index in [0.29, 0.717) is 5.56 Å². The number of fused-ring (bicyclic) bond motifs is 1. The van der Waals surface area contributed by atoms with Crippen LogP contribution in [-0.4, -0.2) is 17.9 Å². The van der Waals surface area contributed by atoms with Crippen LogP contribution in [0.25, 0.3) is 22.3 Å². The van der Waals surface area contributed by atoms with Gasteiger partial charge in [0.2, 0.25) is 0 Å². The van der Waals surface area contributed by atoms with Crippen molar-refractivity contribution < 1.29 is 33.0 Å². The highest BCUT2D eigenvalue weighted by molar-refractivity contribution is 5.92. The minimum Gasteiger partial charge on any atom is -0.456 e. The van der Waals surface area contributed by atoms with E-state index in [2.05, 4.69) is 19.7 Å². The van der Waals surface area contributed by atoms with E-state index in [-0.39, 0.29) is 34.0 Å². The summed E-state index contributed by atoms with van der Waals surface area (Å²) in [7, 11) is 0. The molecule has 0 atom stereocenters. The Morgan fingerprint density at radius 2 is 1.31 bits per heavy atom. The van der Waals surface area contributed by atoms with Crippen LogP contribution in [0.4, 0.5) is 0 Å². The minimum absolute atomic E-state index is 0.0101. The zero-order valence-electron chi connectivity index (χ0n) is 16.7. The van der Waals surface area contributed by atoms with Gasteiger partial charge in [0.05, 0.1) is 0 Å². The van der Waals surface area contributed by atoms with Crippen LogP contribution in [0.5, 0.6) is 17.2 Å². The maximum Gasteiger partial charge on any atom is 0.335 e. The predicted molar refractivity (Wildman–Crippen MR) is 115 cm³/mol. The molecule has 8 heteroatoms. The Morgan fingerprint density at radius 3 is 1.91 bits per heavy atom. The first-order valence-corrected chi connectivity index (χ1v) is 9.09. The zero-order valence-corrected chi connectivity index (χ0v) is 16.7. The summed E-state index contributed by atoms with van der Waals surface area (Å²) < 4.78 is 21.1. The lowest BCUT2D eigenvalue weighted by Crippen LogP contribution is -2.10. The van der Waals surface area contributed by atoms with E-state index in [4.69, 9.17) is 18.6 Å². The topological polar surface area (TPSA) is 109 Å². The Morgan fingerprint density at radius 1 is 0.750 bits per heavy atom. The molecule has 0 aliphatic carbocycles. The molecule has 8 nitrogen and oxygen atoms in total. The molecule has 0 unspecified atom stereocenters. The molecule has 0 N–H and O–H groups in total. The van der Waals surface area contributed by atoms with Gasteiger partial charge in [0, 0.05) is 42.0 Å². The molecule has 160 valence electrons. The van der Waals surface area contributed by atoms with E-state index in [1.807, 2.05) is 0 Å². The Hall–Kier alpha value is -4.72. The zero-order chi connectivity index (χ0) is 23.3. The molecule has 0 radical (unpaired) electrons. The fourth-order valence-corrected chi connectivity index (χ4v) is 2.66. The molecular formula is C24H16O8. The fourth-order valence-electron chi connectivity index (χ4n) is 2.66. The maximum atomic E-state index is 12.8. The Labute approximate surface area is 181 Å². The summed E-state index contributed by atoms with van der Waals surface area (Å²) in [6, 6.07) is 9.93. The highest BCUT2D eigenvalue weighted by atomic mass is 16.5. The summed E-state index contributed by atoms with van der Waals surface area (Å²) in [5, 5.41) is -0.0288. The van der Waals surface area contributed by atoms with Crippen molar-refractivity contribution in [3.8, 4) is 28.6 Å². The lowest BCUT2D eigenvalue weighted by Gasteiger charge is -2.10. The summed E-state index contributed by atoms with van der Waals surface area (Å²) in [5.41, 5.74) is 0.00767. The van der Waals surface area contributed by atoms with Crippen molar-refractivity contribution in [1.29, 1.82) is 0 Å². The van der Waals surface area contributed by atoms with E-state index in [1.54, 1.807) is 12.1 Å². The van der Waals surface area contributed by atoms with E-state index < -0.39 is 23.3 Å². The monoisotopic (exact) mass is 432 g/mol. The number of benzene rings is 2. The van der Waals surface area contributed by atoms with Gasteiger partial charge in [-0.05, 0) is 24.3 Å². The summed E-state index contributed by atoms with van der Waals surface area (Å²) in [5.74, 6) is -1.91. The smallest absolute Gasteiger partial charge is 0.335 e. The molecule has 3 rings (SSSR count). The third-order valence-corrected chi connectivity index (χ3v) is 4.05. The van der Waals surface area contributed by atoms with Crippen LogP contribution in [-0.2, 0) is 14.4 Å². The highest BCUT2D eigenvalue weighted by Gasteiger charge is 2.17. The standard InChI is InChI=1S/C24H16O8/c1-4-21(26)29-15-9-7-14(8-10-15)18-13-17(25)24-19(31-18)11-16(30-22(27)5-2)12-20(24)32-23(28)6-3/h4-13H,1-3H2. The summed E-state index contributed by atoms with van der Waals surface area (Å²) in [6.45, 7) is 9.96. The molecule has 0 saturated heterocycles. The van der Waals surface area contributed by atoms with Gasteiger partial charge in [0.15, 0.2) is 5.43 Å².